The highest BCUT2D eigenvalue weighted by Gasteiger charge is 2.09. The standard InChI is InChI=1S/C11H9N3O4/c1-18-11(15)8(6-12)7-13-9-3-2-4-10(5-9)14(16)17/h2-5,7,13H,1H3/b8-7+. The number of hydrogen-bond donors (Lipinski definition) is 1. The highest BCUT2D eigenvalue weighted by Crippen LogP contribution is 2.17. The van der Waals surface area contributed by atoms with Crippen molar-refractivity contribution in [3.8, 4) is 6.07 Å². The molecule has 1 N–H and O–H groups in total. The fourth-order valence-electron chi connectivity index (χ4n) is 1.11. The molecule has 0 amide bonds. The molecule has 0 bridgehead atoms. The number of nitriles is 1. The van der Waals surface area contributed by atoms with Crippen LogP contribution in [0.2, 0.25) is 0 Å². The minimum atomic E-state index is -0.782. The number of nitrogens with zero attached hydrogens (tertiary/aromatic N) is 2. The first-order valence-electron chi connectivity index (χ1n) is 4.78. The summed E-state index contributed by atoms with van der Waals surface area (Å²) < 4.78 is 4.38. The molecular formula is C11H9N3O4. The lowest BCUT2D eigenvalue weighted by atomic mass is 10.2. The Labute approximate surface area is 102 Å². The molecule has 0 fully saturated rings. The number of hydrogen-bond acceptors (Lipinski definition) is 6. The zero-order valence-electron chi connectivity index (χ0n) is 9.41. The maximum atomic E-state index is 11.1. The number of carbonyl (C=O) groups excluding carboxylic acids is 1. The molecule has 0 spiro atoms. The number of nitrogens with one attached hydrogen (secondary N) is 1. The normalized spacial score (nSPS) is 10.3. The highest BCUT2D eigenvalue weighted by molar-refractivity contribution is 5.93. The van der Waals surface area contributed by atoms with Crippen LogP contribution in [0.15, 0.2) is 36.0 Å². The lowest BCUT2D eigenvalue weighted by molar-refractivity contribution is -0.384. The van der Waals surface area contributed by atoms with Crippen LogP contribution < -0.4 is 5.32 Å². The molecular weight excluding hydrogens is 238 g/mol. The Balaban J connectivity index is 2.89. The molecule has 7 heteroatoms. The maximum absolute atomic E-state index is 11.1. The van der Waals surface area contributed by atoms with Gasteiger partial charge in [-0.1, -0.05) is 6.07 Å². The van der Waals surface area contributed by atoms with E-state index < -0.39 is 10.9 Å². The van der Waals surface area contributed by atoms with Gasteiger partial charge in [-0.15, -0.1) is 0 Å². The van der Waals surface area contributed by atoms with E-state index in [1.165, 1.54) is 18.2 Å². The van der Waals surface area contributed by atoms with Crippen LogP contribution in [0.4, 0.5) is 11.4 Å². The number of benzene rings is 1. The minimum absolute atomic E-state index is 0.0926. The van der Waals surface area contributed by atoms with Gasteiger partial charge in [0, 0.05) is 24.0 Å². The van der Waals surface area contributed by atoms with E-state index in [0.717, 1.165) is 13.3 Å². The second kappa shape index (κ2) is 6.00. The predicted molar refractivity (Wildman–Crippen MR) is 62.4 cm³/mol. The second-order valence-corrected chi connectivity index (χ2v) is 3.11. The average molecular weight is 247 g/mol. The van der Waals surface area contributed by atoms with Crippen molar-refractivity contribution < 1.29 is 14.5 Å². The molecule has 0 radical (unpaired) electrons. The fourth-order valence-corrected chi connectivity index (χ4v) is 1.11. The molecule has 92 valence electrons. The summed E-state index contributed by atoms with van der Waals surface area (Å²) in [6, 6.07) is 7.31. The van der Waals surface area contributed by atoms with Gasteiger partial charge >= 0.3 is 5.97 Å². The molecule has 1 aromatic carbocycles. The Bertz CT molecular complexity index is 545. The lowest BCUT2D eigenvalue weighted by Crippen LogP contribution is -2.05. The quantitative estimate of drug-likeness (QED) is 0.285. The van der Waals surface area contributed by atoms with Crippen molar-refractivity contribution in [3.63, 3.8) is 0 Å². The Kier molecular flexibility index (Phi) is 4.40. The number of esters is 1. The summed E-state index contributed by atoms with van der Waals surface area (Å²) in [5, 5.41) is 21.8. The van der Waals surface area contributed by atoms with E-state index in [1.807, 2.05) is 0 Å². The van der Waals surface area contributed by atoms with E-state index in [9.17, 15) is 14.9 Å². The summed E-state index contributed by atoms with van der Waals surface area (Å²) >= 11 is 0. The van der Waals surface area contributed by atoms with Gasteiger partial charge in [0.05, 0.1) is 12.0 Å². The minimum Gasteiger partial charge on any atom is -0.465 e. The van der Waals surface area contributed by atoms with Crippen molar-refractivity contribution in [2.45, 2.75) is 0 Å². The van der Waals surface area contributed by atoms with Gasteiger partial charge in [0.25, 0.3) is 5.69 Å². The van der Waals surface area contributed by atoms with Gasteiger partial charge in [0.15, 0.2) is 5.57 Å². The number of nitro groups is 1. The average Bonchev–Trinajstić information content (AvgIpc) is 2.39. The third-order valence-corrected chi connectivity index (χ3v) is 1.97. The van der Waals surface area contributed by atoms with E-state index in [1.54, 1.807) is 12.1 Å². The first-order valence-corrected chi connectivity index (χ1v) is 4.78. The van der Waals surface area contributed by atoms with Crippen LogP contribution >= 0.6 is 0 Å². The van der Waals surface area contributed by atoms with Crippen LogP contribution in [-0.4, -0.2) is 18.0 Å². The summed E-state index contributed by atoms with van der Waals surface area (Å²) in [4.78, 5) is 21.1. The largest absolute Gasteiger partial charge is 0.465 e. The van der Waals surface area contributed by atoms with Crippen LogP contribution in [-0.2, 0) is 9.53 Å². The molecule has 0 aliphatic rings. The molecule has 18 heavy (non-hydrogen) atoms. The maximum Gasteiger partial charge on any atom is 0.350 e. The van der Waals surface area contributed by atoms with Crippen LogP contribution in [0.25, 0.3) is 0 Å². The Hall–Kier alpha value is -2.88. The Morgan fingerprint density at radius 2 is 2.33 bits per heavy atom. The van der Waals surface area contributed by atoms with Gasteiger partial charge in [0.1, 0.15) is 6.07 Å². The third-order valence-electron chi connectivity index (χ3n) is 1.97. The summed E-state index contributed by atoms with van der Waals surface area (Å²) in [6.45, 7) is 0. The van der Waals surface area contributed by atoms with E-state index in [0.29, 0.717) is 5.69 Å². The molecule has 0 atom stereocenters. The third kappa shape index (κ3) is 3.31. The molecule has 7 nitrogen and oxygen atoms in total. The van der Waals surface area contributed by atoms with Crippen molar-refractivity contribution in [2.24, 2.45) is 0 Å². The van der Waals surface area contributed by atoms with Crippen molar-refractivity contribution in [3.05, 3.63) is 46.2 Å². The van der Waals surface area contributed by atoms with Gasteiger partial charge < -0.3 is 10.1 Å². The van der Waals surface area contributed by atoms with Crippen LogP contribution in [0, 0.1) is 21.4 Å². The number of non-ortho nitro benzene ring substituents is 1. The zero-order valence-corrected chi connectivity index (χ0v) is 9.41. The number of nitro benzene ring substituents is 1. The highest BCUT2D eigenvalue weighted by atomic mass is 16.6. The molecule has 1 aromatic rings. The van der Waals surface area contributed by atoms with Crippen molar-refractivity contribution in [1.82, 2.24) is 0 Å². The molecule has 0 aliphatic carbocycles. The summed E-state index contributed by atoms with van der Waals surface area (Å²) in [5.74, 6) is -0.782. The molecule has 0 saturated carbocycles. The summed E-state index contributed by atoms with van der Waals surface area (Å²) in [7, 11) is 1.15. The molecule has 0 heterocycles. The van der Waals surface area contributed by atoms with Gasteiger partial charge in [-0.25, -0.2) is 4.79 Å². The molecule has 0 saturated heterocycles. The van der Waals surface area contributed by atoms with Gasteiger partial charge in [-0.05, 0) is 6.07 Å². The number of carbonyl (C=O) groups is 1. The molecule has 0 unspecified atom stereocenters. The van der Waals surface area contributed by atoms with Crippen molar-refractivity contribution in [2.75, 3.05) is 12.4 Å². The van der Waals surface area contributed by atoms with Gasteiger partial charge in [-0.2, -0.15) is 5.26 Å². The first-order chi connectivity index (χ1) is 8.58. The van der Waals surface area contributed by atoms with E-state index in [2.05, 4.69) is 10.1 Å². The van der Waals surface area contributed by atoms with E-state index in [4.69, 9.17) is 5.26 Å². The topological polar surface area (TPSA) is 105 Å². The van der Waals surface area contributed by atoms with Crippen LogP contribution in [0.5, 0.6) is 0 Å². The van der Waals surface area contributed by atoms with Crippen molar-refractivity contribution in [1.29, 1.82) is 5.26 Å². The molecule has 1 rings (SSSR count). The smallest absolute Gasteiger partial charge is 0.350 e. The van der Waals surface area contributed by atoms with Crippen LogP contribution in [0.1, 0.15) is 0 Å². The number of ether oxygens (including phenoxy) is 1. The van der Waals surface area contributed by atoms with E-state index in [-0.39, 0.29) is 11.3 Å². The monoisotopic (exact) mass is 247 g/mol. The zero-order chi connectivity index (χ0) is 13.5. The predicted octanol–water partition coefficient (Wildman–Crippen LogP) is 1.59. The Morgan fingerprint density at radius 1 is 1.61 bits per heavy atom. The fraction of sp³-hybridized carbons (Fsp3) is 0.0909. The number of anilines is 1. The summed E-state index contributed by atoms with van der Waals surface area (Å²) in [6.07, 6.45) is 1.13. The Morgan fingerprint density at radius 3 is 2.89 bits per heavy atom. The van der Waals surface area contributed by atoms with E-state index >= 15 is 0 Å². The molecule has 0 aliphatic heterocycles. The number of rotatable bonds is 4. The first kappa shape index (κ1) is 13.2. The van der Waals surface area contributed by atoms with Gasteiger partial charge in [-0.3, -0.25) is 10.1 Å². The van der Waals surface area contributed by atoms with Crippen LogP contribution in [0.3, 0.4) is 0 Å². The lowest BCUT2D eigenvalue weighted by Gasteiger charge is -2.01. The summed E-state index contributed by atoms with van der Waals surface area (Å²) in [5.41, 5.74) is 0.0647. The SMILES string of the molecule is COC(=O)/C(C#N)=C/Nc1cccc([N+](=O)[O-])c1. The number of methoxy groups -OCH3 is 1. The van der Waals surface area contributed by atoms with Gasteiger partial charge in [0.2, 0.25) is 0 Å². The molecule has 0 aromatic heterocycles. The second-order valence-electron chi connectivity index (χ2n) is 3.11. The van der Waals surface area contributed by atoms with Crippen molar-refractivity contribution >= 4 is 17.3 Å².